The molecule has 2 N–H and O–H groups in total. The highest BCUT2D eigenvalue weighted by Crippen LogP contribution is 2.31. The number of halogens is 2. The van der Waals surface area contributed by atoms with E-state index in [-0.39, 0.29) is 11.9 Å². The Morgan fingerprint density at radius 3 is 2.56 bits per heavy atom. The highest BCUT2D eigenvalue weighted by molar-refractivity contribution is 6.31. The van der Waals surface area contributed by atoms with Crippen molar-refractivity contribution in [2.45, 2.75) is 19.9 Å². The lowest BCUT2D eigenvalue weighted by Gasteiger charge is -2.12. The topological polar surface area (TPSA) is 26.0 Å². The molecule has 94 valence electrons. The second-order valence-electron chi connectivity index (χ2n) is 4.44. The molecule has 1 nitrogen and oxygen atoms in total. The van der Waals surface area contributed by atoms with Gasteiger partial charge in [0.05, 0.1) is 0 Å². The first kappa shape index (κ1) is 13.1. The molecule has 0 fully saturated rings. The lowest BCUT2D eigenvalue weighted by Crippen LogP contribution is -2.05. The summed E-state index contributed by atoms with van der Waals surface area (Å²) in [5.74, 6) is -0.259. The Kier molecular flexibility index (Phi) is 3.69. The summed E-state index contributed by atoms with van der Waals surface area (Å²) in [6.07, 6.45) is 0. The summed E-state index contributed by atoms with van der Waals surface area (Å²) in [5, 5.41) is 0.637. The molecule has 2 aromatic rings. The van der Waals surface area contributed by atoms with E-state index >= 15 is 0 Å². The fourth-order valence-corrected chi connectivity index (χ4v) is 2.11. The van der Waals surface area contributed by atoms with Crippen LogP contribution >= 0.6 is 11.6 Å². The van der Waals surface area contributed by atoms with Crippen molar-refractivity contribution in [1.82, 2.24) is 0 Å². The minimum atomic E-state index is -0.259. The van der Waals surface area contributed by atoms with Crippen molar-refractivity contribution in [3.8, 4) is 11.1 Å². The Hall–Kier alpha value is -1.38. The van der Waals surface area contributed by atoms with Crippen LogP contribution < -0.4 is 5.73 Å². The van der Waals surface area contributed by atoms with Crippen LogP contribution in [-0.2, 0) is 0 Å². The largest absolute Gasteiger partial charge is 0.324 e. The number of hydrogen-bond acceptors (Lipinski definition) is 1. The summed E-state index contributed by atoms with van der Waals surface area (Å²) >= 11 is 6.07. The van der Waals surface area contributed by atoms with Crippen LogP contribution in [0.25, 0.3) is 11.1 Å². The van der Waals surface area contributed by atoms with Gasteiger partial charge in [0.25, 0.3) is 0 Å². The van der Waals surface area contributed by atoms with Crippen LogP contribution in [-0.4, -0.2) is 0 Å². The molecule has 18 heavy (non-hydrogen) atoms. The van der Waals surface area contributed by atoms with Crippen LogP contribution in [0.1, 0.15) is 24.1 Å². The summed E-state index contributed by atoms with van der Waals surface area (Å²) in [5.41, 5.74) is 8.97. The number of rotatable bonds is 2. The standard InChI is InChI=1S/C15H15ClFN/c1-9-12(4-3-5-14(9)16)13-8-11(10(2)18)6-7-15(13)17/h3-8,10H,18H2,1-2H3. The first-order valence-electron chi connectivity index (χ1n) is 5.81. The summed E-state index contributed by atoms with van der Waals surface area (Å²) < 4.78 is 13.9. The van der Waals surface area contributed by atoms with Gasteiger partial charge in [-0.1, -0.05) is 29.8 Å². The highest BCUT2D eigenvalue weighted by Gasteiger charge is 2.11. The van der Waals surface area contributed by atoms with Crippen molar-refractivity contribution in [3.05, 3.63) is 58.4 Å². The van der Waals surface area contributed by atoms with E-state index in [0.717, 1.165) is 16.7 Å². The van der Waals surface area contributed by atoms with Gasteiger partial charge in [0.1, 0.15) is 5.82 Å². The van der Waals surface area contributed by atoms with Gasteiger partial charge < -0.3 is 5.73 Å². The molecule has 1 atom stereocenters. The molecule has 0 heterocycles. The lowest BCUT2D eigenvalue weighted by atomic mass is 9.96. The Morgan fingerprint density at radius 2 is 1.89 bits per heavy atom. The van der Waals surface area contributed by atoms with Crippen LogP contribution in [0, 0.1) is 12.7 Å². The second-order valence-corrected chi connectivity index (χ2v) is 4.85. The molecule has 2 rings (SSSR count). The van der Waals surface area contributed by atoms with Crippen LogP contribution in [0.3, 0.4) is 0 Å². The minimum Gasteiger partial charge on any atom is -0.324 e. The van der Waals surface area contributed by atoms with Gasteiger partial charge in [0.2, 0.25) is 0 Å². The zero-order valence-electron chi connectivity index (χ0n) is 10.4. The molecule has 0 bridgehead atoms. The van der Waals surface area contributed by atoms with E-state index in [2.05, 4.69) is 0 Å². The summed E-state index contributed by atoms with van der Waals surface area (Å²) in [6, 6.07) is 10.3. The third-order valence-electron chi connectivity index (χ3n) is 3.07. The first-order valence-corrected chi connectivity index (χ1v) is 6.19. The fourth-order valence-electron chi connectivity index (χ4n) is 1.93. The van der Waals surface area contributed by atoms with Gasteiger partial charge in [-0.05, 0) is 48.7 Å². The van der Waals surface area contributed by atoms with Crippen LogP contribution in [0.2, 0.25) is 5.02 Å². The van der Waals surface area contributed by atoms with Gasteiger partial charge in [0, 0.05) is 16.6 Å². The highest BCUT2D eigenvalue weighted by atomic mass is 35.5. The average Bonchev–Trinajstić information content (AvgIpc) is 2.33. The molecule has 1 unspecified atom stereocenters. The van der Waals surface area contributed by atoms with Gasteiger partial charge in [-0.25, -0.2) is 4.39 Å². The molecule has 2 aromatic carbocycles. The van der Waals surface area contributed by atoms with Gasteiger partial charge in [-0.3, -0.25) is 0 Å². The summed E-state index contributed by atoms with van der Waals surface area (Å²) in [7, 11) is 0. The third-order valence-corrected chi connectivity index (χ3v) is 3.48. The molecule has 0 amide bonds. The first-order chi connectivity index (χ1) is 8.50. The Labute approximate surface area is 111 Å². The Balaban J connectivity index is 2.63. The van der Waals surface area contributed by atoms with Crippen LogP contribution in [0.15, 0.2) is 36.4 Å². The zero-order valence-corrected chi connectivity index (χ0v) is 11.1. The molecule has 0 aromatic heterocycles. The molecule has 0 aliphatic rings. The average molecular weight is 264 g/mol. The molecular weight excluding hydrogens is 249 g/mol. The van der Waals surface area contributed by atoms with Gasteiger partial charge in [0.15, 0.2) is 0 Å². The molecule has 3 heteroatoms. The normalized spacial score (nSPS) is 12.5. The van der Waals surface area contributed by atoms with Crippen molar-refractivity contribution in [2.75, 3.05) is 0 Å². The lowest BCUT2D eigenvalue weighted by molar-refractivity contribution is 0.629. The van der Waals surface area contributed by atoms with E-state index in [9.17, 15) is 4.39 Å². The maximum absolute atomic E-state index is 13.9. The molecule has 0 saturated heterocycles. The number of nitrogens with two attached hydrogens (primary N) is 1. The summed E-state index contributed by atoms with van der Waals surface area (Å²) in [4.78, 5) is 0. The predicted molar refractivity (Wildman–Crippen MR) is 74.2 cm³/mol. The Morgan fingerprint density at radius 1 is 1.17 bits per heavy atom. The molecule has 0 aliphatic heterocycles. The van der Waals surface area contributed by atoms with E-state index in [1.165, 1.54) is 6.07 Å². The second kappa shape index (κ2) is 5.09. The van der Waals surface area contributed by atoms with Crippen molar-refractivity contribution >= 4 is 11.6 Å². The predicted octanol–water partition coefficient (Wildman–Crippen LogP) is 4.47. The van der Waals surface area contributed by atoms with Crippen molar-refractivity contribution in [3.63, 3.8) is 0 Å². The minimum absolute atomic E-state index is 0.121. The zero-order chi connectivity index (χ0) is 13.3. The quantitative estimate of drug-likeness (QED) is 0.850. The number of hydrogen-bond donors (Lipinski definition) is 1. The molecule has 0 saturated carbocycles. The molecular formula is C15H15ClFN. The van der Waals surface area contributed by atoms with Crippen molar-refractivity contribution in [2.24, 2.45) is 5.73 Å². The van der Waals surface area contributed by atoms with Gasteiger partial charge >= 0.3 is 0 Å². The maximum atomic E-state index is 13.9. The van der Waals surface area contributed by atoms with Gasteiger partial charge in [-0.2, -0.15) is 0 Å². The van der Waals surface area contributed by atoms with E-state index < -0.39 is 0 Å². The maximum Gasteiger partial charge on any atom is 0.131 e. The van der Waals surface area contributed by atoms with Crippen LogP contribution in [0.5, 0.6) is 0 Å². The van der Waals surface area contributed by atoms with Crippen molar-refractivity contribution in [1.29, 1.82) is 0 Å². The van der Waals surface area contributed by atoms with E-state index in [1.54, 1.807) is 18.2 Å². The van der Waals surface area contributed by atoms with Crippen molar-refractivity contribution < 1.29 is 4.39 Å². The van der Waals surface area contributed by atoms with E-state index in [1.807, 2.05) is 26.0 Å². The van der Waals surface area contributed by atoms with Crippen LogP contribution in [0.4, 0.5) is 4.39 Å². The monoisotopic (exact) mass is 263 g/mol. The van der Waals surface area contributed by atoms with E-state index in [0.29, 0.717) is 10.6 Å². The fraction of sp³-hybridized carbons (Fsp3) is 0.200. The third kappa shape index (κ3) is 2.40. The molecule has 0 radical (unpaired) electrons. The molecule has 0 aliphatic carbocycles. The summed E-state index contributed by atoms with van der Waals surface area (Å²) in [6.45, 7) is 3.76. The number of benzene rings is 2. The smallest absolute Gasteiger partial charge is 0.131 e. The SMILES string of the molecule is Cc1c(Cl)cccc1-c1cc(C(C)N)ccc1F. The Bertz CT molecular complexity index is 579. The van der Waals surface area contributed by atoms with Gasteiger partial charge in [-0.15, -0.1) is 0 Å². The van der Waals surface area contributed by atoms with E-state index in [4.69, 9.17) is 17.3 Å². The molecule has 0 spiro atoms.